The van der Waals surface area contributed by atoms with Crippen LogP contribution in [0, 0.1) is 5.82 Å². The van der Waals surface area contributed by atoms with Crippen molar-refractivity contribution in [3.05, 3.63) is 28.5 Å². The Kier molecular flexibility index (Phi) is 4.52. The van der Waals surface area contributed by atoms with E-state index in [0.717, 1.165) is 12.1 Å². The van der Waals surface area contributed by atoms with Crippen LogP contribution in [0.2, 0.25) is 5.02 Å². The Morgan fingerprint density at radius 3 is 2.71 bits per heavy atom. The number of sulfonamides is 1. The fourth-order valence-electron chi connectivity index (χ4n) is 2.09. The number of rotatable bonds is 3. The highest BCUT2D eigenvalue weighted by Crippen LogP contribution is 2.25. The maximum atomic E-state index is 13.6. The number of halogens is 2. The third kappa shape index (κ3) is 3.34. The molecule has 1 atom stereocenters. The molecule has 0 spiro atoms. The van der Waals surface area contributed by atoms with Crippen LogP contribution in [-0.2, 0) is 14.8 Å². The number of benzene rings is 1. The minimum absolute atomic E-state index is 0.114. The number of nitrogens with zero attached hydrogens (tertiary/aromatic N) is 1. The Labute approximate surface area is 126 Å². The van der Waals surface area contributed by atoms with Crippen LogP contribution in [0.1, 0.15) is 16.8 Å². The summed E-state index contributed by atoms with van der Waals surface area (Å²) in [5, 5.41) is 4.75. The Bertz CT molecular complexity index is 674. The SMILES string of the molecule is CN(C(=O)c1cc(S(N)(=O)=O)c(F)cc1Cl)C1CCOC1. The Hall–Kier alpha value is -1.22. The first kappa shape index (κ1) is 16.2. The molecule has 1 aromatic carbocycles. The number of carbonyl (C=O) groups is 1. The molecule has 0 radical (unpaired) electrons. The third-order valence-electron chi connectivity index (χ3n) is 3.33. The van der Waals surface area contributed by atoms with Gasteiger partial charge in [0.15, 0.2) is 0 Å². The topological polar surface area (TPSA) is 89.7 Å². The fourth-order valence-corrected chi connectivity index (χ4v) is 2.94. The van der Waals surface area contributed by atoms with E-state index in [1.807, 2.05) is 0 Å². The van der Waals surface area contributed by atoms with E-state index in [2.05, 4.69) is 0 Å². The van der Waals surface area contributed by atoms with Gasteiger partial charge in [-0.3, -0.25) is 4.79 Å². The Morgan fingerprint density at radius 2 is 2.19 bits per heavy atom. The van der Waals surface area contributed by atoms with E-state index in [4.69, 9.17) is 21.5 Å². The zero-order valence-corrected chi connectivity index (χ0v) is 12.7. The molecule has 2 rings (SSSR count). The van der Waals surface area contributed by atoms with Crippen molar-refractivity contribution < 1.29 is 22.3 Å². The first-order valence-electron chi connectivity index (χ1n) is 6.08. The standard InChI is InChI=1S/C12H14ClFN2O4S/c1-16(7-2-3-20-6-7)12(17)8-4-11(21(15,18)19)10(14)5-9(8)13/h4-5,7H,2-3,6H2,1H3,(H2,15,18,19). The molecule has 21 heavy (non-hydrogen) atoms. The molecule has 1 fully saturated rings. The number of hydrogen-bond donors (Lipinski definition) is 1. The highest BCUT2D eigenvalue weighted by atomic mass is 35.5. The molecule has 0 saturated carbocycles. The van der Waals surface area contributed by atoms with Crippen LogP contribution in [0.25, 0.3) is 0 Å². The van der Waals surface area contributed by atoms with Crippen molar-refractivity contribution in [3.63, 3.8) is 0 Å². The molecule has 1 heterocycles. The van der Waals surface area contributed by atoms with Crippen LogP contribution >= 0.6 is 11.6 Å². The van der Waals surface area contributed by atoms with Crippen molar-refractivity contribution in [2.75, 3.05) is 20.3 Å². The molecule has 6 nitrogen and oxygen atoms in total. The van der Waals surface area contributed by atoms with Gasteiger partial charge in [0.25, 0.3) is 5.91 Å². The third-order valence-corrected chi connectivity index (χ3v) is 4.57. The highest BCUT2D eigenvalue weighted by Gasteiger charge is 2.28. The summed E-state index contributed by atoms with van der Waals surface area (Å²) in [4.78, 5) is 13.0. The number of carbonyl (C=O) groups excluding carboxylic acids is 1. The molecule has 1 unspecified atom stereocenters. The molecular weight excluding hydrogens is 323 g/mol. The van der Waals surface area contributed by atoms with Crippen molar-refractivity contribution in [1.82, 2.24) is 4.90 Å². The summed E-state index contributed by atoms with van der Waals surface area (Å²) in [5.41, 5.74) is -0.114. The molecule has 1 aliphatic heterocycles. The first-order valence-corrected chi connectivity index (χ1v) is 8.01. The number of nitrogens with two attached hydrogens (primary N) is 1. The van der Waals surface area contributed by atoms with Gasteiger partial charge >= 0.3 is 0 Å². The number of likely N-dealkylation sites (N-methyl/N-ethyl adjacent to an activating group) is 1. The predicted octanol–water partition coefficient (Wildman–Crippen LogP) is 0.987. The molecule has 1 amide bonds. The average molecular weight is 337 g/mol. The molecule has 0 aliphatic carbocycles. The number of primary sulfonamides is 1. The zero-order valence-electron chi connectivity index (χ0n) is 11.2. The summed E-state index contributed by atoms with van der Waals surface area (Å²) in [6.45, 7) is 0.935. The van der Waals surface area contributed by atoms with E-state index in [1.54, 1.807) is 7.05 Å². The lowest BCUT2D eigenvalue weighted by atomic mass is 10.1. The lowest BCUT2D eigenvalue weighted by Gasteiger charge is -2.23. The monoisotopic (exact) mass is 336 g/mol. The summed E-state index contributed by atoms with van der Waals surface area (Å²) in [6, 6.07) is 1.51. The molecule has 1 saturated heterocycles. The Morgan fingerprint density at radius 1 is 1.52 bits per heavy atom. The van der Waals surface area contributed by atoms with Gasteiger partial charge in [-0.25, -0.2) is 17.9 Å². The van der Waals surface area contributed by atoms with E-state index in [0.29, 0.717) is 19.6 Å². The molecule has 1 aliphatic rings. The summed E-state index contributed by atoms with van der Waals surface area (Å²) in [6.07, 6.45) is 0.670. The summed E-state index contributed by atoms with van der Waals surface area (Å²) < 4.78 is 41.4. The Balaban J connectivity index is 2.41. The lowest BCUT2D eigenvalue weighted by Crippen LogP contribution is -2.37. The highest BCUT2D eigenvalue weighted by molar-refractivity contribution is 7.89. The molecular formula is C12H14ClFN2O4S. The van der Waals surface area contributed by atoms with Crippen molar-refractivity contribution in [2.24, 2.45) is 5.14 Å². The maximum Gasteiger partial charge on any atom is 0.255 e. The molecule has 1 aromatic rings. The van der Waals surface area contributed by atoms with Gasteiger partial charge in [-0.1, -0.05) is 11.6 Å². The molecule has 0 bridgehead atoms. The average Bonchev–Trinajstić information content (AvgIpc) is 2.89. The van der Waals surface area contributed by atoms with Crippen LogP contribution in [0.4, 0.5) is 4.39 Å². The number of ether oxygens (including phenoxy) is 1. The van der Waals surface area contributed by atoms with Gasteiger partial charge in [0.05, 0.1) is 23.2 Å². The second-order valence-electron chi connectivity index (χ2n) is 4.74. The molecule has 0 aromatic heterocycles. The summed E-state index contributed by atoms with van der Waals surface area (Å²) in [5.74, 6) is -1.61. The smallest absolute Gasteiger partial charge is 0.255 e. The minimum atomic E-state index is -4.28. The quantitative estimate of drug-likeness (QED) is 0.891. The van der Waals surface area contributed by atoms with Gasteiger partial charge in [0.2, 0.25) is 10.0 Å². The van der Waals surface area contributed by atoms with Crippen LogP contribution in [0.5, 0.6) is 0 Å². The van der Waals surface area contributed by atoms with Crippen LogP contribution in [-0.4, -0.2) is 45.5 Å². The van der Waals surface area contributed by atoms with E-state index < -0.39 is 26.6 Å². The maximum absolute atomic E-state index is 13.6. The zero-order chi connectivity index (χ0) is 15.8. The predicted molar refractivity (Wildman–Crippen MR) is 74.1 cm³/mol. The molecule has 116 valence electrons. The van der Waals surface area contributed by atoms with Crippen LogP contribution < -0.4 is 5.14 Å². The van der Waals surface area contributed by atoms with Gasteiger partial charge in [0, 0.05) is 13.7 Å². The van der Waals surface area contributed by atoms with Crippen LogP contribution in [0.3, 0.4) is 0 Å². The summed E-state index contributed by atoms with van der Waals surface area (Å²) >= 11 is 5.84. The number of hydrogen-bond acceptors (Lipinski definition) is 4. The van der Waals surface area contributed by atoms with Gasteiger partial charge in [-0.15, -0.1) is 0 Å². The van der Waals surface area contributed by atoms with E-state index in [-0.39, 0.29) is 16.6 Å². The second kappa shape index (κ2) is 5.88. The van der Waals surface area contributed by atoms with Gasteiger partial charge < -0.3 is 9.64 Å². The van der Waals surface area contributed by atoms with Crippen molar-refractivity contribution >= 4 is 27.5 Å². The van der Waals surface area contributed by atoms with E-state index in [9.17, 15) is 17.6 Å². The molecule has 9 heteroatoms. The molecule has 2 N–H and O–H groups in total. The van der Waals surface area contributed by atoms with Crippen molar-refractivity contribution in [1.29, 1.82) is 0 Å². The second-order valence-corrected chi connectivity index (χ2v) is 6.68. The van der Waals surface area contributed by atoms with E-state index in [1.165, 1.54) is 4.90 Å². The van der Waals surface area contributed by atoms with Crippen LogP contribution in [0.15, 0.2) is 17.0 Å². The normalized spacial score (nSPS) is 18.8. The lowest BCUT2D eigenvalue weighted by molar-refractivity contribution is 0.0711. The largest absolute Gasteiger partial charge is 0.379 e. The number of amides is 1. The fraction of sp³-hybridized carbons (Fsp3) is 0.417. The van der Waals surface area contributed by atoms with Crippen molar-refractivity contribution in [2.45, 2.75) is 17.4 Å². The van der Waals surface area contributed by atoms with Crippen molar-refractivity contribution in [3.8, 4) is 0 Å². The van der Waals surface area contributed by atoms with Gasteiger partial charge in [0.1, 0.15) is 10.7 Å². The van der Waals surface area contributed by atoms with E-state index >= 15 is 0 Å². The van der Waals surface area contributed by atoms with Gasteiger partial charge in [-0.2, -0.15) is 0 Å². The minimum Gasteiger partial charge on any atom is -0.379 e. The summed E-state index contributed by atoms with van der Waals surface area (Å²) in [7, 11) is -2.73. The van der Waals surface area contributed by atoms with Gasteiger partial charge in [-0.05, 0) is 18.6 Å². The first-order chi connectivity index (χ1) is 9.71.